The molecule has 0 saturated carbocycles. The van der Waals surface area contributed by atoms with E-state index in [1.54, 1.807) is 34.1 Å². The number of amides is 3. The average Bonchev–Trinajstić information content (AvgIpc) is 4.16. The van der Waals surface area contributed by atoms with Crippen molar-refractivity contribution < 1.29 is 27.9 Å². The quantitative estimate of drug-likeness (QED) is 0.123. The lowest BCUT2D eigenvalue weighted by Gasteiger charge is -2.34. The standard InChI is InChI=1S/C47H53F2N9O4/c1-62-47(61)54-40(31-12-4-2-5-13-31)45(59)57-22-10-16-38(57)43-51-29-37(53-43)33-26-34(48)42(35(49)27-33)56-24-18-30(19-25-56)36-28-50-44(52-36)39-17-11-23-58(39)46(60)41(55-20-8-9-21-55)32-14-6-3-7-15-32/h2-7,12-15,26-30,38-41H,8-11,16-25H2,1H3,(H,50,52)(H,51,53)(H,54,61). The van der Waals surface area contributed by atoms with Crippen LogP contribution in [0, 0.1) is 11.6 Å². The number of carbonyl (C=O) groups excluding carboxylic acids is 3. The van der Waals surface area contributed by atoms with E-state index >= 15 is 8.78 Å². The molecular formula is C47H53F2N9O4. The van der Waals surface area contributed by atoms with Crippen molar-refractivity contribution in [2.24, 2.45) is 0 Å². The van der Waals surface area contributed by atoms with E-state index in [9.17, 15) is 14.4 Å². The Kier molecular flexibility index (Phi) is 12.0. The second-order valence-electron chi connectivity index (χ2n) is 16.9. The zero-order valence-electron chi connectivity index (χ0n) is 34.9. The molecule has 9 rings (SSSR count). The van der Waals surface area contributed by atoms with Crippen molar-refractivity contribution in [2.75, 3.05) is 51.3 Å². The van der Waals surface area contributed by atoms with Crippen molar-refractivity contribution in [1.82, 2.24) is 40.0 Å². The van der Waals surface area contributed by atoms with Crippen LogP contribution in [-0.2, 0) is 14.3 Å². The molecule has 0 bridgehead atoms. The van der Waals surface area contributed by atoms with Gasteiger partial charge in [-0.3, -0.25) is 14.5 Å². The van der Waals surface area contributed by atoms with E-state index in [2.05, 4.69) is 37.3 Å². The van der Waals surface area contributed by atoms with Crippen molar-refractivity contribution >= 4 is 23.6 Å². The molecule has 13 nitrogen and oxygen atoms in total. The van der Waals surface area contributed by atoms with E-state index in [0.29, 0.717) is 68.1 Å². The Balaban J connectivity index is 0.846. The summed E-state index contributed by atoms with van der Waals surface area (Å²) in [6.07, 6.45) is 9.35. The molecule has 4 atom stereocenters. The van der Waals surface area contributed by atoms with Crippen molar-refractivity contribution in [1.29, 1.82) is 0 Å². The fraction of sp³-hybridized carbons (Fsp3) is 0.426. The highest BCUT2D eigenvalue weighted by Gasteiger charge is 2.40. The van der Waals surface area contributed by atoms with Crippen molar-refractivity contribution in [3.63, 3.8) is 0 Å². The molecule has 5 aromatic rings. The summed E-state index contributed by atoms with van der Waals surface area (Å²) in [6, 6.07) is 19.9. The molecule has 15 heteroatoms. The molecule has 3 N–H and O–H groups in total. The number of anilines is 1. The lowest BCUT2D eigenvalue weighted by molar-refractivity contribution is -0.138. The van der Waals surface area contributed by atoms with Gasteiger partial charge >= 0.3 is 6.09 Å². The molecule has 0 spiro atoms. The Labute approximate surface area is 359 Å². The fourth-order valence-electron chi connectivity index (χ4n) is 10.0. The predicted molar refractivity (Wildman–Crippen MR) is 229 cm³/mol. The molecule has 6 heterocycles. The number of hydrogen-bond donors (Lipinski definition) is 3. The Morgan fingerprint density at radius 2 is 1.29 bits per heavy atom. The molecule has 4 fully saturated rings. The van der Waals surface area contributed by atoms with Crippen LogP contribution in [0.25, 0.3) is 11.3 Å². The molecule has 2 aromatic heterocycles. The zero-order chi connectivity index (χ0) is 42.7. The SMILES string of the molecule is COC(=O)NC(C(=O)N1CCCC1c1ncc(-c2cc(F)c(N3CCC(c4cnc(C5CCCN5C(=O)C(c5ccccc5)N5CCCC5)[nH]4)CC3)c(F)c2)[nH]1)c1ccccc1. The first-order chi connectivity index (χ1) is 30.3. The van der Waals surface area contributed by atoms with Gasteiger partial charge in [-0.05, 0) is 87.7 Å². The van der Waals surface area contributed by atoms with Crippen LogP contribution in [0.4, 0.5) is 19.3 Å². The summed E-state index contributed by atoms with van der Waals surface area (Å²) in [6.45, 7) is 3.90. The molecule has 3 aromatic carbocycles. The summed E-state index contributed by atoms with van der Waals surface area (Å²) >= 11 is 0. The zero-order valence-corrected chi connectivity index (χ0v) is 34.9. The predicted octanol–water partition coefficient (Wildman–Crippen LogP) is 7.72. The van der Waals surface area contributed by atoms with Crippen LogP contribution < -0.4 is 10.2 Å². The second-order valence-corrected chi connectivity index (χ2v) is 16.9. The number of nitrogens with zero attached hydrogens (tertiary/aromatic N) is 6. The highest BCUT2D eigenvalue weighted by atomic mass is 19.1. The summed E-state index contributed by atoms with van der Waals surface area (Å²) in [5, 5.41) is 2.66. The first-order valence-corrected chi connectivity index (χ1v) is 21.9. The molecule has 324 valence electrons. The number of methoxy groups -OCH3 is 1. The molecule has 4 unspecified atom stereocenters. The number of halogens is 2. The number of nitrogens with one attached hydrogen (secondary N) is 3. The summed E-state index contributed by atoms with van der Waals surface area (Å²) in [4.78, 5) is 64.4. The third-order valence-corrected chi connectivity index (χ3v) is 13.2. The second kappa shape index (κ2) is 18.1. The Hall–Kier alpha value is -6.09. The number of piperidine rings is 1. The molecule has 0 radical (unpaired) electrons. The maximum absolute atomic E-state index is 15.9. The van der Waals surface area contributed by atoms with Gasteiger partial charge in [0.2, 0.25) is 5.91 Å². The number of rotatable bonds is 11. The van der Waals surface area contributed by atoms with E-state index in [1.165, 1.54) is 25.4 Å². The number of carbonyl (C=O) groups is 3. The third kappa shape index (κ3) is 8.29. The van der Waals surface area contributed by atoms with Crippen LogP contribution in [0.1, 0.15) is 110 Å². The van der Waals surface area contributed by atoms with Crippen LogP contribution >= 0.6 is 0 Å². The molecule has 4 aliphatic rings. The summed E-state index contributed by atoms with van der Waals surface area (Å²) in [7, 11) is 1.25. The Bertz CT molecular complexity index is 2340. The number of hydrogen-bond acceptors (Lipinski definition) is 8. The lowest BCUT2D eigenvalue weighted by Crippen LogP contribution is -2.42. The van der Waals surface area contributed by atoms with Crippen LogP contribution in [0.5, 0.6) is 0 Å². The van der Waals surface area contributed by atoms with Crippen LogP contribution in [-0.4, -0.2) is 98.9 Å². The first-order valence-electron chi connectivity index (χ1n) is 21.9. The smallest absolute Gasteiger partial charge is 0.407 e. The van der Waals surface area contributed by atoms with Crippen molar-refractivity contribution in [3.8, 4) is 11.3 Å². The maximum atomic E-state index is 15.9. The van der Waals surface area contributed by atoms with Crippen LogP contribution in [0.2, 0.25) is 0 Å². The van der Waals surface area contributed by atoms with Gasteiger partial charge in [0, 0.05) is 49.6 Å². The van der Waals surface area contributed by atoms with Crippen molar-refractivity contribution in [3.05, 3.63) is 125 Å². The maximum Gasteiger partial charge on any atom is 0.407 e. The number of aromatic nitrogens is 4. The third-order valence-electron chi connectivity index (χ3n) is 13.2. The van der Waals surface area contributed by atoms with Gasteiger partial charge in [0.15, 0.2) is 0 Å². The Morgan fingerprint density at radius 1 is 0.710 bits per heavy atom. The largest absolute Gasteiger partial charge is 0.453 e. The van der Waals surface area contributed by atoms with Crippen LogP contribution in [0.15, 0.2) is 85.2 Å². The fourth-order valence-corrected chi connectivity index (χ4v) is 10.0. The van der Waals surface area contributed by atoms with Gasteiger partial charge in [0.1, 0.15) is 41.1 Å². The average molecular weight is 846 g/mol. The van der Waals surface area contributed by atoms with Gasteiger partial charge in [-0.25, -0.2) is 23.5 Å². The summed E-state index contributed by atoms with van der Waals surface area (Å²) in [5.74, 6) is -0.0714. The molecule has 4 saturated heterocycles. The minimum absolute atomic E-state index is 0.0547. The molecule has 3 amide bonds. The van der Waals surface area contributed by atoms with Gasteiger partial charge in [0.05, 0.1) is 31.1 Å². The molecule has 0 aliphatic carbocycles. The molecule has 62 heavy (non-hydrogen) atoms. The minimum atomic E-state index is -0.963. The van der Waals surface area contributed by atoms with E-state index in [0.717, 1.165) is 62.3 Å². The van der Waals surface area contributed by atoms with E-state index in [-0.39, 0.29) is 35.5 Å². The first kappa shape index (κ1) is 41.3. The van der Waals surface area contributed by atoms with Gasteiger partial charge in [-0.2, -0.15) is 0 Å². The van der Waals surface area contributed by atoms with E-state index in [1.807, 2.05) is 35.4 Å². The van der Waals surface area contributed by atoms with Crippen LogP contribution in [0.3, 0.4) is 0 Å². The number of likely N-dealkylation sites (tertiary alicyclic amines) is 3. The molecule has 4 aliphatic heterocycles. The summed E-state index contributed by atoms with van der Waals surface area (Å²) < 4.78 is 36.7. The number of imidazole rings is 2. The van der Waals surface area contributed by atoms with Gasteiger partial charge in [-0.1, -0.05) is 60.7 Å². The Morgan fingerprint density at radius 3 is 1.92 bits per heavy atom. The van der Waals surface area contributed by atoms with E-state index < -0.39 is 29.8 Å². The highest BCUT2D eigenvalue weighted by molar-refractivity contribution is 5.87. The number of H-pyrrole nitrogens is 2. The number of alkyl carbamates (subject to hydrolysis) is 1. The topological polar surface area (TPSA) is 143 Å². The van der Waals surface area contributed by atoms with Crippen molar-refractivity contribution in [2.45, 2.75) is 81.5 Å². The number of ether oxygens (including phenoxy) is 1. The summed E-state index contributed by atoms with van der Waals surface area (Å²) in [5.41, 5.74) is 3.32. The van der Waals surface area contributed by atoms with Gasteiger partial charge < -0.3 is 34.7 Å². The van der Waals surface area contributed by atoms with Gasteiger partial charge in [0.25, 0.3) is 5.91 Å². The van der Waals surface area contributed by atoms with E-state index in [4.69, 9.17) is 9.72 Å². The molecular weight excluding hydrogens is 793 g/mol. The lowest BCUT2D eigenvalue weighted by atomic mass is 9.93. The monoisotopic (exact) mass is 845 g/mol. The minimum Gasteiger partial charge on any atom is -0.453 e. The number of aromatic amines is 2. The highest BCUT2D eigenvalue weighted by Crippen LogP contribution is 2.39. The normalized spacial score (nSPS) is 20.7. The number of benzene rings is 3. The van der Waals surface area contributed by atoms with Gasteiger partial charge in [-0.15, -0.1) is 0 Å².